The summed E-state index contributed by atoms with van der Waals surface area (Å²) in [4.78, 5) is 12.1. The molecule has 0 fully saturated rings. The average molecular weight is 457 g/mol. The molecule has 0 spiro atoms. The Morgan fingerprint density at radius 2 is 1.58 bits per heavy atom. The summed E-state index contributed by atoms with van der Waals surface area (Å²) in [7, 11) is 0. The number of rotatable bonds is 8. The fourth-order valence-electron chi connectivity index (χ4n) is 3.46. The van der Waals surface area contributed by atoms with Gasteiger partial charge in [-0.05, 0) is 60.6 Å². The molecule has 7 heteroatoms. The van der Waals surface area contributed by atoms with Crippen LogP contribution in [-0.4, -0.2) is 23.2 Å². The van der Waals surface area contributed by atoms with Crippen LogP contribution in [0.5, 0.6) is 0 Å². The third kappa shape index (κ3) is 6.43. The van der Waals surface area contributed by atoms with Crippen LogP contribution in [0, 0.1) is 0 Å². The summed E-state index contributed by atoms with van der Waals surface area (Å²) in [5.41, 5.74) is 6.66. The molecule has 0 aliphatic rings. The van der Waals surface area contributed by atoms with Gasteiger partial charge in [0, 0.05) is 5.69 Å². The number of amides is 1. The van der Waals surface area contributed by atoms with Gasteiger partial charge < -0.3 is 16.2 Å². The highest BCUT2D eigenvalue weighted by molar-refractivity contribution is 5.97. The highest BCUT2D eigenvalue weighted by atomic mass is 19.4. The second-order valence-corrected chi connectivity index (χ2v) is 8.32. The quantitative estimate of drug-likeness (QED) is 0.436. The van der Waals surface area contributed by atoms with Crippen LogP contribution < -0.4 is 11.1 Å². The van der Waals surface area contributed by atoms with Gasteiger partial charge in [0.1, 0.15) is 5.54 Å². The number of anilines is 1. The fraction of sp³-hybridized carbons (Fsp3) is 0.269. The molecule has 3 rings (SSSR count). The van der Waals surface area contributed by atoms with Crippen molar-refractivity contribution in [2.75, 3.05) is 11.9 Å². The molecule has 4 nitrogen and oxygen atoms in total. The molecule has 3 aromatic rings. The van der Waals surface area contributed by atoms with Gasteiger partial charge >= 0.3 is 6.18 Å². The Bertz CT molecular complexity index is 1080. The number of nitrogens with two attached hydrogens (primary N) is 1. The number of aliphatic hydroxyl groups excluding tert-OH is 1. The number of carbonyl (C=O) groups excluding carboxylic acids is 1. The predicted octanol–water partition coefficient (Wildman–Crippen LogP) is 5.20. The Kier molecular flexibility index (Phi) is 7.56. The maximum atomic E-state index is 13.6. The zero-order valence-electron chi connectivity index (χ0n) is 18.3. The predicted molar refractivity (Wildman–Crippen MR) is 124 cm³/mol. The van der Waals surface area contributed by atoms with Crippen LogP contribution >= 0.6 is 0 Å². The zero-order valence-corrected chi connectivity index (χ0v) is 18.3. The van der Waals surface area contributed by atoms with Crippen molar-refractivity contribution in [1.29, 1.82) is 0 Å². The van der Waals surface area contributed by atoms with E-state index in [9.17, 15) is 18.0 Å². The molecule has 0 saturated carbocycles. The maximum absolute atomic E-state index is 13.6. The topological polar surface area (TPSA) is 75.3 Å². The Hall–Kier alpha value is -3.16. The van der Waals surface area contributed by atoms with Crippen molar-refractivity contribution in [3.05, 3.63) is 89.5 Å². The molecule has 4 N–H and O–H groups in total. The molecule has 3 aromatic carbocycles. The number of halogens is 3. The lowest BCUT2D eigenvalue weighted by molar-refractivity contribution is -0.138. The van der Waals surface area contributed by atoms with Gasteiger partial charge in [-0.15, -0.1) is 0 Å². The van der Waals surface area contributed by atoms with Gasteiger partial charge in [0.15, 0.2) is 0 Å². The van der Waals surface area contributed by atoms with Crippen LogP contribution in [0.15, 0.2) is 72.8 Å². The van der Waals surface area contributed by atoms with Gasteiger partial charge in [-0.1, -0.05) is 60.7 Å². The van der Waals surface area contributed by atoms with Crippen LogP contribution in [-0.2, 0) is 23.8 Å². The normalized spacial score (nSPS) is 13.4. The minimum atomic E-state index is -4.56. The first kappa shape index (κ1) is 24.5. The van der Waals surface area contributed by atoms with E-state index in [4.69, 9.17) is 10.8 Å². The molecule has 174 valence electrons. The minimum absolute atomic E-state index is 0.0160. The van der Waals surface area contributed by atoms with Gasteiger partial charge in [0.2, 0.25) is 5.91 Å². The van der Waals surface area contributed by atoms with Crippen molar-refractivity contribution in [2.24, 2.45) is 5.73 Å². The van der Waals surface area contributed by atoms with Gasteiger partial charge in [0.05, 0.1) is 12.2 Å². The van der Waals surface area contributed by atoms with Crippen molar-refractivity contribution < 1.29 is 23.1 Å². The molecule has 0 bridgehead atoms. The number of aliphatic hydroxyl groups is 1. The first-order valence-electron chi connectivity index (χ1n) is 10.7. The van der Waals surface area contributed by atoms with E-state index >= 15 is 0 Å². The molecule has 0 aromatic heterocycles. The zero-order chi connectivity index (χ0) is 24.1. The summed E-state index contributed by atoms with van der Waals surface area (Å²) in [6, 6.07) is 21.7. The summed E-state index contributed by atoms with van der Waals surface area (Å²) in [5.74, 6) is -0.759. The van der Waals surface area contributed by atoms with E-state index in [0.29, 0.717) is 12.8 Å². The van der Waals surface area contributed by atoms with Crippen LogP contribution in [0.4, 0.5) is 18.9 Å². The highest BCUT2D eigenvalue weighted by Crippen LogP contribution is 2.34. The molecule has 0 unspecified atom stereocenters. The summed E-state index contributed by atoms with van der Waals surface area (Å²) in [6.07, 6.45) is -3.12. The number of aryl methyl sites for hydroxylation is 2. The number of benzene rings is 3. The van der Waals surface area contributed by atoms with E-state index in [0.717, 1.165) is 22.8 Å². The van der Waals surface area contributed by atoms with Crippen LogP contribution in [0.1, 0.15) is 30.0 Å². The van der Waals surface area contributed by atoms with Crippen LogP contribution in [0.3, 0.4) is 0 Å². The largest absolute Gasteiger partial charge is 0.416 e. The van der Waals surface area contributed by atoms with Crippen molar-refractivity contribution in [3.63, 3.8) is 0 Å². The van der Waals surface area contributed by atoms with E-state index in [1.54, 1.807) is 0 Å². The summed E-state index contributed by atoms with van der Waals surface area (Å²) in [5, 5.41) is 11.5. The van der Waals surface area contributed by atoms with Crippen LogP contribution in [0.2, 0.25) is 0 Å². The number of nitrogens with one attached hydrogen (secondary N) is 1. The van der Waals surface area contributed by atoms with E-state index in [1.807, 2.05) is 54.6 Å². The van der Waals surface area contributed by atoms with E-state index in [1.165, 1.54) is 19.1 Å². The summed E-state index contributed by atoms with van der Waals surface area (Å²) >= 11 is 0. The van der Waals surface area contributed by atoms with Gasteiger partial charge in [0.25, 0.3) is 0 Å². The molecular formula is C26H27F3N2O2. The average Bonchev–Trinajstić information content (AvgIpc) is 2.80. The van der Waals surface area contributed by atoms with Crippen molar-refractivity contribution >= 4 is 11.6 Å². The summed E-state index contributed by atoms with van der Waals surface area (Å²) in [6.45, 7) is 0.670. The Morgan fingerprint density at radius 3 is 2.18 bits per heavy atom. The monoisotopic (exact) mass is 456 g/mol. The molecule has 0 aliphatic heterocycles. The molecule has 0 heterocycles. The third-order valence-corrected chi connectivity index (χ3v) is 5.49. The molecule has 0 aliphatic carbocycles. The molecular weight excluding hydrogens is 429 g/mol. The lowest BCUT2D eigenvalue weighted by Gasteiger charge is -2.21. The van der Waals surface area contributed by atoms with Gasteiger partial charge in [-0.3, -0.25) is 4.79 Å². The first-order valence-corrected chi connectivity index (χ1v) is 10.7. The molecule has 0 saturated heterocycles. The highest BCUT2D eigenvalue weighted by Gasteiger charge is 2.34. The van der Waals surface area contributed by atoms with Gasteiger partial charge in [-0.2, -0.15) is 13.2 Å². The lowest BCUT2D eigenvalue weighted by Crippen LogP contribution is -2.51. The van der Waals surface area contributed by atoms with E-state index < -0.39 is 29.8 Å². The van der Waals surface area contributed by atoms with E-state index in [2.05, 4.69) is 5.32 Å². The van der Waals surface area contributed by atoms with E-state index in [-0.39, 0.29) is 17.7 Å². The Balaban J connectivity index is 1.67. The molecule has 33 heavy (non-hydrogen) atoms. The third-order valence-electron chi connectivity index (χ3n) is 5.49. The lowest BCUT2D eigenvalue weighted by atomic mass is 9.97. The maximum Gasteiger partial charge on any atom is 0.416 e. The Labute approximate surface area is 191 Å². The molecule has 1 amide bonds. The SMILES string of the molecule is C[C@](N)(CO)C(=O)Nc1ccc(CCCc2ccc(-c3ccccc3)cc2)c(C(F)(F)F)c1. The number of alkyl halides is 3. The van der Waals surface area contributed by atoms with Crippen molar-refractivity contribution in [2.45, 2.75) is 37.9 Å². The minimum Gasteiger partial charge on any atom is -0.394 e. The molecule has 1 atom stereocenters. The second-order valence-electron chi connectivity index (χ2n) is 8.32. The fourth-order valence-corrected chi connectivity index (χ4v) is 3.46. The second kappa shape index (κ2) is 10.2. The smallest absolute Gasteiger partial charge is 0.394 e. The molecule has 0 radical (unpaired) electrons. The van der Waals surface area contributed by atoms with Gasteiger partial charge in [-0.25, -0.2) is 0 Å². The standard InChI is InChI=1S/C26H27F3N2O2/c1-25(30,17-32)24(33)31-22-15-14-21(23(16-22)26(27,28)29)9-5-6-18-10-12-20(13-11-18)19-7-3-2-4-8-19/h2-4,7-8,10-16,32H,5-6,9,17,30H2,1H3,(H,31,33)/t25-/m0/s1. The Morgan fingerprint density at radius 1 is 0.939 bits per heavy atom. The summed E-state index contributed by atoms with van der Waals surface area (Å²) < 4.78 is 40.9. The van der Waals surface area contributed by atoms with Crippen molar-refractivity contribution in [3.8, 4) is 11.1 Å². The van der Waals surface area contributed by atoms with Crippen molar-refractivity contribution in [1.82, 2.24) is 0 Å². The number of carbonyl (C=O) groups is 1. The first-order chi connectivity index (χ1) is 15.6. The van der Waals surface area contributed by atoms with Crippen LogP contribution in [0.25, 0.3) is 11.1 Å². The number of hydrogen-bond acceptors (Lipinski definition) is 3. The number of hydrogen-bond donors (Lipinski definition) is 3.